The van der Waals surface area contributed by atoms with Crippen LogP contribution in [-0.4, -0.2) is 64.3 Å². The summed E-state index contributed by atoms with van der Waals surface area (Å²) >= 11 is 6.15. The number of ether oxygens (including phenoxy) is 1. The minimum Gasteiger partial charge on any atom is -0.497 e. The van der Waals surface area contributed by atoms with Crippen molar-refractivity contribution >= 4 is 46.5 Å². The van der Waals surface area contributed by atoms with E-state index in [1.165, 1.54) is 0 Å². The Labute approximate surface area is 242 Å². The van der Waals surface area contributed by atoms with Crippen molar-refractivity contribution < 1.29 is 14.9 Å². The molecule has 3 aromatic carbocycles. The number of aliphatic hydroxyl groups excluding tert-OH is 2. The molecule has 0 bridgehead atoms. The fraction of sp³-hybridized carbons (Fsp3) is 0.241. The highest BCUT2D eigenvalue weighted by Gasteiger charge is 2.30. The summed E-state index contributed by atoms with van der Waals surface area (Å²) in [6, 6.07) is 23.7. The molecule has 5 rings (SSSR count). The molecule has 5 N–H and O–H groups in total. The molecule has 212 valence electrons. The number of aliphatic hydroxyl groups is 2. The Morgan fingerprint density at radius 3 is 2.02 bits per heavy atom. The van der Waals surface area contributed by atoms with E-state index in [0.29, 0.717) is 36.0 Å². The Balaban J connectivity index is 1.37. The molecule has 1 aliphatic rings. The molecule has 12 heteroatoms. The molecule has 4 aromatic rings. The molecule has 0 fully saturated rings. The van der Waals surface area contributed by atoms with Gasteiger partial charge < -0.3 is 30.9 Å². The number of anilines is 5. The number of benzene rings is 3. The summed E-state index contributed by atoms with van der Waals surface area (Å²) in [7, 11) is 1.66. The second-order valence-corrected chi connectivity index (χ2v) is 9.61. The van der Waals surface area contributed by atoms with Crippen molar-refractivity contribution in [2.45, 2.75) is 12.5 Å². The lowest BCUT2D eigenvalue weighted by Gasteiger charge is -2.24. The number of hydrogen-bond acceptors (Lipinski definition) is 11. The van der Waals surface area contributed by atoms with Gasteiger partial charge in [0.25, 0.3) is 0 Å². The number of nitrogens with zero attached hydrogens (tertiary/aromatic N) is 5. The Morgan fingerprint density at radius 1 is 0.829 bits per heavy atom. The van der Waals surface area contributed by atoms with E-state index >= 15 is 0 Å². The normalized spacial score (nSPS) is 14.5. The van der Waals surface area contributed by atoms with Crippen LogP contribution < -0.4 is 25.7 Å². The van der Waals surface area contributed by atoms with Gasteiger partial charge in [-0.15, -0.1) is 0 Å². The van der Waals surface area contributed by atoms with Gasteiger partial charge in [0.15, 0.2) is 0 Å². The summed E-state index contributed by atoms with van der Waals surface area (Å²) < 4.78 is 5.35. The van der Waals surface area contributed by atoms with Crippen LogP contribution in [0.5, 0.6) is 5.75 Å². The van der Waals surface area contributed by atoms with Gasteiger partial charge in [0, 0.05) is 30.2 Å². The van der Waals surface area contributed by atoms with Crippen LogP contribution in [0.15, 0.2) is 77.9 Å². The van der Waals surface area contributed by atoms with Crippen molar-refractivity contribution in [2.24, 2.45) is 5.10 Å². The maximum Gasteiger partial charge on any atom is 0.233 e. The maximum absolute atomic E-state index is 9.13. The molecule has 0 amide bonds. The van der Waals surface area contributed by atoms with Gasteiger partial charge in [-0.05, 0) is 59.7 Å². The highest BCUT2D eigenvalue weighted by atomic mass is 35.5. The van der Waals surface area contributed by atoms with Crippen molar-refractivity contribution in [2.75, 3.05) is 54.4 Å². The first-order valence-corrected chi connectivity index (χ1v) is 13.5. The zero-order chi connectivity index (χ0) is 28.6. The van der Waals surface area contributed by atoms with Gasteiger partial charge in [0.2, 0.25) is 17.8 Å². The second-order valence-electron chi connectivity index (χ2n) is 9.17. The van der Waals surface area contributed by atoms with Gasteiger partial charge in [0.1, 0.15) is 5.75 Å². The number of nitrogens with one attached hydrogen (secondary N) is 3. The van der Waals surface area contributed by atoms with Crippen LogP contribution in [-0.2, 0) is 0 Å². The second kappa shape index (κ2) is 13.3. The number of rotatable bonds is 12. The smallest absolute Gasteiger partial charge is 0.233 e. The predicted molar refractivity (Wildman–Crippen MR) is 162 cm³/mol. The quantitative estimate of drug-likeness (QED) is 0.165. The van der Waals surface area contributed by atoms with Crippen LogP contribution in [0.1, 0.15) is 23.6 Å². The maximum atomic E-state index is 9.13. The molecule has 0 aliphatic carbocycles. The molecule has 1 aliphatic heterocycles. The van der Waals surface area contributed by atoms with Gasteiger partial charge in [-0.3, -0.25) is 5.01 Å². The fourth-order valence-corrected chi connectivity index (χ4v) is 4.53. The Morgan fingerprint density at radius 2 is 1.44 bits per heavy atom. The minimum atomic E-state index is -0.0615. The van der Waals surface area contributed by atoms with Crippen LogP contribution in [0.25, 0.3) is 0 Å². The highest BCUT2D eigenvalue weighted by molar-refractivity contribution is 6.30. The number of aromatic nitrogens is 3. The third kappa shape index (κ3) is 7.01. The Kier molecular flexibility index (Phi) is 9.09. The molecule has 0 spiro atoms. The standard InChI is InChI=1S/C29H31ClN8O3/c1-41-24-12-4-20(5-13-24)26-18-25(37-38(26)23-10-6-21(30)7-11-23)19-2-8-22(9-3-19)33-29-35-27(31-14-16-39)34-28(36-29)32-15-17-40/h2-13,26,39-40H,14-18H2,1H3,(H3,31,32,33,34,35,36). The Bertz CT molecular complexity index is 1440. The molecular formula is C29H31ClN8O3. The lowest BCUT2D eigenvalue weighted by atomic mass is 9.98. The monoisotopic (exact) mass is 574 g/mol. The van der Waals surface area contributed by atoms with Gasteiger partial charge in [-0.1, -0.05) is 35.9 Å². The average Bonchev–Trinajstić information content (AvgIpc) is 3.45. The van der Waals surface area contributed by atoms with E-state index in [9.17, 15) is 0 Å². The summed E-state index contributed by atoms with van der Waals surface area (Å²) in [6.45, 7) is 0.469. The van der Waals surface area contributed by atoms with Gasteiger partial charge in [-0.2, -0.15) is 20.1 Å². The summed E-state index contributed by atoms with van der Waals surface area (Å²) in [4.78, 5) is 13.0. The SMILES string of the molecule is COc1ccc(C2CC(c3ccc(Nc4nc(NCCO)nc(NCCO)n4)cc3)=NN2c2ccc(Cl)cc2)cc1. The van der Waals surface area contributed by atoms with E-state index in [4.69, 9.17) is 31.7 Å². The molecule has 0 radical (unpaired) electrons. The van der Waals surface area contributed by atoms with Crippen LogP contribution >= 0.6 is 11.6 Å². The summed E-state index contributed by atoms with van der Waals surface area (Å²) in [5.41, 5.74) is 4.81. The van der Waals surface area contributed by atoms with Crippen molar-refractivity contribution in [3.05, 3.63) is 88.9 Å². The van der Waals surface area contributed by atoms with E-state index in [0.717, 1.165) is 40.4 Å². The highest BCUT2D eigenvalue weighted by Crippen LogP contribution is 2.37. The van der Waals surface area contributed by atoms with Gasteiger partial charge >= 0.3 is 0 Å². The molecule has 2 heterocycles. The third-order valence-electron chi connectivity index (χ3n) is 6.40. The summed E-state index contributed by atoms with van der Waals surface area (Å²) in [5, 5.41) is 35.1. The first-order valence-electron chi connectivity index (χ1n) is 13.2. The van der Waals surface area contributed by atoms with Crippen LogP contribution in [0.4, 0.5) is 29.2 Å². The summed E-state index contributed by atoms with van der Waals surface area (Å²) in [6.07, 6.45) is 0.717. The predicted octanol–water partition coefficient (Wildman–Crippen LogP) is 4.44. The van der Waals surface area contributed by atoms with Crippen LogP contribution in [0.2, 0.25) is 5.02 Å². The minimum absolute atomic E-state index is 0.00906. The van der Waals surface area contributed by atoms with E-state index in [1.54, 1.807) is 7.11 Å². The molecular weight excluding hydrogens is 544 g/mol. The lowest BCUT2D eigenvalue weighted by Crippen LogP contribution is -2.18. The third-order valence-corrected chi connectivity index (χ3v) is 6.65. The number of halogens is 1. The number of hydrogen-bond donors (Lipinski definition) is 5. The van der Waals surface area contributed by atoms with Crippen LogP contribution in [0.3, 0.4) is 0 Å². The summed E-state index contributed by atoms with van der Waals surface area (Å²) in [5.74, 6) is 1.74. The van der Waals surface area contributed by atoms with E-state index in [1.807, 2.05) is 65.7 Å². The number of hydrazone groups is 1. The van der Waals surface area contributed by atoms with E-state index < -0.39 is 0 Å². The zero-order valence-corrected chi connectivity index (χ0v) is 23.2. The molecule has 1 unspecified atom stereocenters. The van der Waals surface area contributed by atoms with Crippen molar-refractivity contribution in [3.8, 4) is 5.75 Å². The fourth-order valence-electron chi connectivity index (χ4n) is 4.40. The molecule has 0 saturated carbocycles. The first kappa shape index (κ1) is 28.1. The van der Waals surface area contributed by atoms with E-state index in [2.05, 4.69) is 43.0 Å². The number of methoxy groups -OCH3 is 1. The largest absolute Gasteiger partial charge is 0.497 e. The zero-order valence-electron chi connectivity index (χ0n) is 22.5. The van der Waals surface area contributed by atoms with Crippen LogP contribution in [0, 0.1) is 0 Å². The van der Waals surface area contributed by atoms with E-state index in [-0.39, 0.29) is 19.3 Å². The molecule has 0 saturated heterocycles. The van der Waals surface area contributed by atoms with Crippen molar-refractivity contribution in [3.63, 3.8) is 0 Å². The topological polar surface area (TPSA) is 140 Å². The lowest BCUT2D eigenvalue weighted by molar-refractivity contribution is 0.310. The van der Waals surface area contributed by atoms with Crippen molar-refractivity contribution in [1.82, 2.24) is 15.0 Å². The van der Waals surface area contributed by atoms with Gasteiger partial charge in [0.05, 0.1) is 37.8 Å². The van der Waals surface area contributed by atoms with Gasteiger partial charge in [-0.25, -0.2) is 0 Å². The molecule has 41 heavy (non-hydrogen) atoms. The molecule has 1 aromatic heterocycles. The average molecular weight is 575 g/mol. The first-order chi connectivity index (χ1) is 20.1. The van der Waals surface area contributed by atoms with Crippen molar-refractivity contribution in [1.29, 1.82) is 0 Å². The Hall–Kier alpha value is -4.45. The molecule has 11 nitrogen and oxygen atoms in total. The molecule has 1 atom stereocenters.